The summed E-state index contributed by atoms with van der Waals surface area (Å²) in [6.45, 7) is 2.32. The topological polar surface area (TPSA) is 75.6 Å². The van der Waals surface area contributed by atoms with E-state index >= 15 is 0 Å². The molecule has 0 saturated heterocycles. The maximum absolute atomic E-state index is 12.3. The van der Waals surface area contributed by atoms with Crippen molar-refractivity contribution in [3.63, 3.8) is 0 Å². The van der Waals surface area contributed by atoms with Crippen LogP contribution in [-0.4, -0.2) is 38.9 Å². The molecule has 0 amide bonds. The number of aliphatic hydroxyl groups is 1. The van der Waals surface area contributed by atoms with Crippen LogP contribution in [0.4, 0.5) is 0 Å². The van der Waals surface area contributed by atoms with Crippen molar-refractivity contribution in [2.24, 2.45) is 0 Å². The van der Waals surface area contributed by atoms with Gasteiger partial charge in [0.15, 0.2) is 0 Å². The zero-order valence-corrected chi connectivity index (χ0v) is 12.7. The lowest BCUT2D eigenvalue weighted by Gasteiger charge is -2.35. The molecule has 1 aliphatic rings. The molecule has 0 spiro atoms. The molecule has 114 valence electrons. The van der Waals surface area contributed by atoms with E-state index in [0.29, 0.717) is 25.0 Å². The van der Waals surface area contributed by atoms with Crippen LogP contribution in [0.2, 0.25) is 0 Å². The summed E-state index contributed by atoms with van der Waals surface area (Å²) in [6, 6.07) is 6.31. The maximum Gasteiger partial charge on any atom is 0.240 e. The van der Waals surface area contributed by atoms with Gasteiger partial charge in [0, 0.05) is 18.2 Å². The quantitative estimate of drug-likeness (QED) is 0.792. The van der Waals surface area contributed by atoms with E-state index in [1.54, 1.807) is 12.1 Å². The molecule has 21 heavy (non-hydrogen) atoms. The van der Waals surface area contributed by atoms with Crippen molar-refractivity contribution in [1.82, 2.24) is 4.72 Å². The van der Waals surface area contributed by atoms with Crippen molar-refractivity contribution in [2.45, 2.75) is 36.8 Å². The second-order valence-corrected chi connectivity index (χ2v) is 6.57. The first kappa shape index (κ1) is 16.0. The molecule has 1 saturated carbocycles. The molecule has 1 aromatic rings. The fourth-order valence-electron chi connectivity index (χ4n) is 2.20. The third-order valence-electron chi connectivity index (χ3n) is 3.28. The Bertz CT molecular complexity index is 639. The normalized spacial score (nSPS) is 21.2. The van der Waals surface area contributed by atoms with E-state index in [2.05, 4.69) is 16.6 Å². The highest BCUT2D eigenvalue weighted by Crippen LogP contribution is 2.25. The zero-order chi connectivity index (χ0) is 15.3. The molecule has 1 fully saturated rings. The first-order chi connectivity index (χ1) is 10.0. The van der Waals surface area contributed by atoms with Crippen LogP contribution in [0.15, 0.2) is 29.2 Å². The van der Waals surface area contributed by atoms with E-state index in [1.165, 1.54) is 12.1 Å². The minimum absolute atomic E-state index is 0.0706. The van der Waals surface area contributed by atoms with E-state index in [9.17, 15) is 8.42 Å². The fourth-order valence-corrected chi connectivity index (χ4v) is 3.51. The van der Waals surface area contributed by atoms with Crippen LogP contribution in [0.3, 0.4) is 0 Å². The monoisotopic (exact) mass is 309 g/mol. The molecule has 1 aromatic carbocycles. The van der Waals surface area contributed by atoms with Crippen LogP contribution in [0.1, 0.15) is 25.3 Å². The van der Waals surface area contributed by atoms with Gasteiger partial charge in [-0.3, -0.25) is 0 Å². The summed E-state index contributed by atoms with van der Waals surface area (Å²) in [5, 5.41) is 8.67. The van der Waals surface area contributed by atoms with Gasteiger partial charge in [-0.15, -0.1) is 0 Å². The second kappa shape index (κ2) is 7.05. The summed E-state index contributed by atoms with van der Waals surface area (Å²) in [7, 11) is -3.54. The minimum atomic E-state index is -3.54. The largest absolute Gasteiger partial charge is 0.384 e. The van der Waals surface area contributed by atoms with Gasteiger partial charge in [0.25, 0.3) is 0 Å². The molecule has 0 unspecified atom stereocenters. The van der Waals surface area contributed by atoms with Gasteiger partial charge in [-0.1, -0.05) is 17.9 Å². The summed E-state index contributed by atoms with van der Waals surface area (Å²) in [5.41, 5.74) is 0.563. The number of rotatable bonds is 5. The fraction of sp³-hybridized carbons (Fsp3) is 0.467. The van der Waals surface area contributed by atoms with Gasteiger partial charge in [0.2, 0.25) is 10.0 Å². The molecule has 0 bridgehead atoms. The summed E-state index contributed by atoms with van der Waals surface area (Å²) in [4.78, 5) is 0.187. The van der Waals surface area contributed by atoms with Crippen LogP contribution in [0.25, 0.3) is 0 Å². The molecular weight excluding hydrogens is 290 g/mol. The molecular formula is C15H19NO4S. The highest BCUT2D eigenvalue weighted by Gasteiger charge is 2.33. The van der Waals surface area contributed by atoms with Crippen molar-refractivity contribution >= 4 is 10.0 Å². The van der Waals surface area contributed by atoms with Gasteiger partial charge >= 0.3 is 0 Å². The van der Waals surface area contributed by atoms with Crippen LogP contribution in [0.5, 0.6) is 0 Å². The predicted octanol–water partition coefficient (Wildman–Crippen LogP) is 0.876. The highest BCUT2D eigenvalue weighted by atomic mass is 32.2. The number of sulfonamides is 1. The van der Waals surface area contributed by atoms with Crippen molar-refractivity contribution in [3.05, 3.63) is 29.8 Å². The van der Waals surface area contributed by atoms with E-state index < -0.39 is 10.0 Å². The SMILES string of the molecule is CCOC1CC(NS(=O)(=O)c2cccc(C#CCO)c2)C1. The first-order valence-corrected chi connectivity index (χ1v) is 8.37. The Kier molecular flexibility index (Phi) is 5.37. The second-order valence-electron chi connectivity index (χ2n) is 4.85. The van der Waals surface area contributed by atoms with E-state index in [4.69, 9.17) is 9.84 Å². The average Bonchev–Trinajstić information content (AvgIpc) is 2.43. The van der Waals surface area contributed by atoms with Gasteiger partial charge in [0.05, 0.1) is 11.0 Å². The lowest BCUT2D eigenvalue weighted by Crippen LogP contribution is -2.47. The predicted molar refractivity (Wildman–Crippen MR) is 79.2 cm³/mol. The minimum Gasteiger partial charge on any atom is -0.384 e. The molecule has 2 N–H and O–H groups in total. The van der Waals surface area contributed by atoms with Gasteiger partial charge in [-0.05, 0) is 38.0 Å². The average molecular weight is 309 g/mol. The van der Waals surface area contributed by atoms with E-state index in [0.717, 1.165) is 0 Å². The smallest absolute Gasteiger partial charge is 0.240 e. The Morgan fingerprint density at radius 3 is 2.86 bits per heavy atom. The van der Waals surface area contributed by atoms with E-state index in [-0.39, 0.29) is 23.6 Å². The Hall–Kier alpha value is -1.39. The summed E-state index contributed by atoms with van der Waals surface area (Å²) in [5.74, 6) is 5.20. The van der Waals surface area contributed by atoms with Crippen molar-refractivity contribution in [1.29, 1.82) is 0 Å². The van der Waals surface area contributed by atoms with Gasteiger partial charge in [0.1, 0.15) is 6.61 Å². The Morgan fingerprint density at radius 1 is 1.43 bits per heavy atom. The summed E-state index contributed by atoms with van der Waals surface area (Å²) < 4.78 is 32.6. The van der Waals surface area contributed by atoms with Crippen LogP contribution < -0.4 is 4.72 Å². The van der Waals surface area contributed by atoms with Gasteiger partial charge in [-0.2, -0.15) is 0 Å². The Labute approximate surface area is 125 Å². The molecule has 0 aliphatic heterocycles. The van der Waals surface area contributed by atoms with Gasteiger partial charge in [-0.25, -0.2) is 13.1 Å². The number of hydrogen-bond donors (Lipinski definition) is 2. The van der Waals surface area contributed by atoms with Crippen molar-refractivity contribution in [3.8, 4) is 11.8 Å². The number of benzene rings is 1. The lowest BCUT2D eigenvalue weighted by atomic mass is 9.90. The molecule has 0 atom stereocenters. The number of nitrogens with one attached hydrogen (secondary N) is 1. The lowest BCUT2D eigenvalue weighted by molar-refractivity contribution is -0.00475. The Balaban J connectivity index is 2.03. The first-order valence-electron chi connectivity index (χ1n) is 6.89. The van der Waals surface area contributed by atoms with Crippen molar-refractivity contribution in [2.75, 3.05) is 13.2 Å². The van der Waals surface area contributed by atoms with Crippen LogP contribution in [0, 0.1) is 11.8 Å². The summed E-state index contributed by atoms with van der Waals surface area (Å²) >= 11 is 0. The third kappa shape index (κ3) is 4.29. The molecule has 1 aliphatic carbocycles. The standard InChI is InChI=1S/C15H19NO4S/c1-2-20-14-10-13(11-14)16-21(18,19)15-7-3-5-12(9-15)6-4-8-17/h3,5,7,9,13-14,16-17H,2,8,10-11H2,1H3. The number of aliphatic hydroxyl groups excluding tert-OH is 1. The van der Waals surface area contributed by atoms with Crippen LogP contribution >= 0.6 is 0 Å². The van der Waals surface area contributed by atoms with Crippen LogP contribution in [-0.2, 0) is 14.8 Å². The highest BCUT2D eigenvalue weighted by molar-refractivity contribution is 7.89. The molecule has 0 aromatic heterocycles. The van der Waals surface area contributed by atoms with E-state index in [1.807, 2.05) is 6.92 Å². The number of ether oxygens (including phenoxy) is 1. The van der Waals surface area contributed by atoms with Crippen molar-refractivity contribution < 1.29 is 18.3 Å². The summed E-state index contributed by atoms with van der Waals surface area (Å²) in [6.07, 6.45) is 1.57. The molecule has 2 rings (SSSR count). The maximum atomic E-state index is 12.3. The third-order valence-corrected chi connectivity index (χ3v) is 4.79. The molecule has 5 nitrogen and oxygen atoms in total. The Morgan fingerprint density at radius 2 is 2.19 bits per heavy atom. The molecule has 0 heterocycles. The molecule has 0 radical (unpaired) electrons. The molecule has 6 heteroatoms. The number of hydrogen-bond acceptors (Lipinski definition) is 4. The van der Waals surface area contributed by atoms with Gasteiger partial charge < -0.3 is 9.84 Å². The zero-order valence-electron chi connectivity index (χ0n) is 11.9.